The Kier molecular flexibility index (Phi) is 12.8. The minimum absolute atomic E-state index is 0.0409. The molecule has 0 fully saturated rings. The largest absolute Gasteiger partial charge is 0.497 e. The van der Waals surface area contributed by atoms with Gasteiger partial charge in [-0.05, 0) is 62.2 Å². The Morgan fingerprint density at radius 2 is 1.48 bits per heavy atom. The number of hydrogen-bond acceptors (Lipinski definition) is 8. The Bertz CT molecular complexity index is 1650. The second-order valence-electron chi connectivity index (χ2n) is 10.4. The van der Waals surface area contributed by atoms with E-state index in [0.29, 0.717) is 22.1 Å². The molecule has 1 atom stereocenters. The number of ether oxygens (including phenoxy) is 4. The van der Waals surface area contributed by atoms with Gasteiger partial charge in [0, 0.05) is 24.7 Å². The van der Waals surface area contributed by atoms with Crippen molar-refractivity contribution >= 4 is 50.7 Å². The average molecular weight is 697 g/mol. The number of methoxy groups -OCH3 is 4. The zero-order chi connectivity index (χ0) is 34.2. The number of nitrogens with one attached hydrogen (secondary N) is 1. The lowest BCUT2D eigenvalue weighted by Gasteiger charge is -2.34. The molecule has 0 aromatic heterocycles. The number of nitrogens with zero attached hydrogens (tertiary/aromatic N) is 2. The molecule has 46 heavy (non-hydrogen) atoms. The predicted octanol–water partition coefficient (Wildman–Crippen LogP) is 5.56. The van der Waals surface area contributed by atoms with Crippen molar-refractivity contribution in [2.45, 2.75) is 50.7 Å². The third-order valence-corrected chi connectivity index (χ3v) is 9.53. The maximum Gasteiger partial charge on any atom is 0.265 e. The number of benzene rings is 3. The van der Waals surface area contributed by atoms with Crippen molar-refractivity contribution < 1.29 is 37.0 Å². The number of amides is 2. The molecule has 0 aliphatic heterocycles. The van der Waals surface area contributed by atoms with Crippen molar-refractivity contribution in [2.24, 2.45) is 0 Å². The number of rotatable bonds is 15. The molecule has 0 heterocycles. The minimum Gasteiger partial charge on any atom is -0.497 e. The van der Waals surface area contributed by atoms with E-state index in [1.54, 1.807) is 31.2 Å². The van der Waals surface area contributed by atoms with E-state index in [0.717, 1.165) is 4.31 Å². The number of halogens is 2. The second-order valence-corrected chi connectivity index (χ2v) is 13.1. The van der Waals surface area contributed by atoms with Gasteiger partial charge in [0.1, 0.15) is 24.1 Å². The standard InChI is InChI=1S/C32H39Cl2N3O8S/c1-8-26(32(39)35-20(2)3)36(18-21-9-12-24(33)25(34)15-21)31(38)19-37(27-16-22(42-4)10-13-28(27)43-5)46(40,41)23-11-14-29(44-6)30(17-23)45-7/h9-17,20,26H,8,18-19H2,1-7H3,(H,35,39). The SMILES string of the molecule is CCC(C(=O)NC(C)C)N(Cc1ccc(Cl)c(Cl)c1)C(=O)CN(c1cc(OC)ccc1OC)S(=O)(=O)c1ccc(OC)c(OC)c1. The molecule has 3 aromatic carbocycles. The molecule has 0 bridgehead atoms. The van der Waals surface area contributed by atoms with Gasteiger partial charge in [0.2, 0.25) is 11.8 Å². The lowest BCUT2D eigenvalue weighted by molar-refractivity contribution is -0.140. The van der Waals surface area contributed by atoms with Crippen LogP contribution in [0.1, 0.15) is 32.8 Å². The van der Waals surface area contributed by atoms with Crippen molar-refractivity contribution in [1.29, 1.82) is 0 Å². The van der Waals surface area contributed by atoms with Gasteiger partial charge in [0.15, 0.2) is 11.5 Å². The first-order valence-electron chi connectivity index (χ1n) is 14.3. The highest BCUT2D eigenvalue weighted by atomic mass is 35.5. The van der Waals surface area contributed by atoms with E-state index < -0.39 is 28.5 Å². The van der Waals surface area contributed by atoms with Gasteiger partial charge in [-0.3, -0.25) is 13.9 Å². The normalized spacial score (nSPS) is 11.9. The van der Waals surface area contributed by atoms with Gasteiger partial charge in [0.05, 0.1) is 49.1 Å². The molecule has 0 spiro atoms. The smallest absolute Gasteiger partial charge is 0.265 e. The fraction of sp³-hybridized carbons (Fsp3) is 0.375. The van der Waals surface area contributed by atoms with E-state index in [4.69, 9.17) is 42.1 Å². The maximum atomic E-state index is 14.4. The fourth-order valence-electron chi connectivity index (χ4n) is 4.74. The molecule has 14 heteroatoms. The summed E-state index contributed by atoms with van der Waals surface area (Å²) in [4.78, 5) is 28.9. The van der Waals surface area contributed by atoms with Crippen molar-refractivity contribution in [3.05, 3.63) is 70.2 Å². The zero-order valence-corrected chi connectivity index (χ0v) is 29.1. The molecule has 0 saturated carbocycles. The van der Waals surface area contributed by atoms with Crippen LogP contribution >= 0.6 is 23.2 Å². The molecule has 1 unspecified atom stereocenters. The van der Waals surface area contributed by atoms with Gasteiger partial charge in [-0.2, -0.15) is 0 Å². The minimum atomic E-state index is -4.48. The van der Waals surface area contributed by atoms with E-state index in [-0.39, 0.29) is 52.0 Å². The maximum absolute atomic E-state index is 14.4. The van der Waals surface area contributed by atoms with E-state index in [1.165, 1.54) is 63.7 Å². The number of carbonyl (C=O) groups is 2. The molecule has 0 saturated heterocycles. The number of sulfonamides is 1. The van der Waals surface area contributed by atoms with Crippen LogP contribution in [0.5, 0.6) is 23.0 Å². The van der Waals surface area contributed by atoms with E-state index in [1.807, 2.05) is 13.8 Å². The molecule has 2 amide bonds. The van der Waals surface area contributed by atoms with Gasteiger partial charge in [-0.15, -0.1) is 0 Å². The molecule has 0 aliphatic rings. The summed E-state index contributed by atoms with van der Waals surface area (Å²) in [6.07, 6.45) is 0.247. The average Bonchev–Trinajstić information content (AvgIpc) is 3.03. The summed E-state index contributed by atoms with van der Waals surface area (Å²) in [6.45, 7) is 4.62. The molecular formula is C32H39Cl2N3O8S. The summed E-state index contributed by atoms with van der Waals surface area (Å²) in [5.41, 5.74) is 0.631. The van der Waals surface area contributed by atoms with Crippen LogP contribution in [0, 0.1) is 0 Å². The van der Waals surface area contributed by atoms with Crippen LogP contribution in [0.4, 0.5) is 5.69 Å². The molecule has 11 nitrogen and oxygen atoms in total. The summed E-state index contributed by atoms with van der Waals surface area (Å²) >= 11 is 12.4. The Hall–Kier alpha value is -3.87. The van der Waals surface area contributed by atoms with E-state index in [9.17, 15) is 18.0 Å². The summed E-state index contributed by atoms with van der Waals surface area (Å²) < 4.78 is 51.3. The van der Waals surface area contributed by atoms with Gasteiger partial charge in [-0.25, -0.2) is 8.42 Å². The van der Waals surface area contributed by atoms with Gasteiger partial charge >= 0.3 is 0 Å². The fourth-order valence-corrected chi connectivity index (χ4v) is 6.50. The first kappa shape index (κ1) is 36.6. The van der Waals surface area contributed by atoms with Gasteiger partial charge in [-0.1, -0.05) is 36.2 Å². The topological polar surface area (TPSA) is 124 Å². The van der Waals surface area contributed by atoms with Crippen LogP contribution in [0.2, 0.25) is 10.0 Å². The van der Waals surface area contributed by atoms with Gasteiger partial charge in [0.25, 0.3) is 10.0 Å². The lowest BCUT2D eigenvalue weighted by atomic mass is 10.1. The molecule has 250 valence electrons. The van der Waals surface area contributed by atoms with E-state index >= 15 is 0 Å². The van der Waals surface area contributed by atoms with Crippen LogP contribution in [-0.4, -0.2) is 72.2 Å². The molecule has 1 N–H and O–H groups in total. The Balaban J connectivity index is 2.21. The predicted molar refractivity (Wildman–Crippen MR) is 178 cm³/mol. The van der Waals surface area contributed by atoms with Crippen molar-refractivity contribution in [1.82, 2.24) is 10.2 Å². The highest BCUT2D eigenvalue weighted by molar-refractivity contribution is 7.92. The highest BCUT2D eigenvalue weighted by Gasteiger charge is 2.35. The van der Waals surface area contributed by atoms with Crippen molar-refractivity contribution in [3.8, 4) is 23.0 Å². The van der Waals surface area contributed by atoms with Crippen LogP contribution < -0.4 is 28.6 Å². The zero-order valence-electron chi connectivity index (χ0n) is 26.8. The second kappa shape index (κ2) is 16.1. The van der Waals surface area contributed by atoms with Crippen molar-refractivity contribution in [2.75, 3.05) is 39.3 Å². The summed E-state index contributed by atoms with van der Waals surface area (Å²) in [5, 5.41) is 3.45. The molecular weight excluding hydrogens is 657 g/mol. The molecule has 3 aromatic rings. The molecule has 0 aliphatic carbocycles. The third kappa shape index (κ3) is 8.48. The number of carbonyl (C=O) groups excluding carboxylic acids is 2. The summed E-state index contributed by atoms with van der Waals surface area (Å²) in [7, 11) is 1.15. The quantitative estimate of drug-likeness (QED) is 0.219. The Morgan fingerprint density at radius 1 is 0.826 bits per heavy atom. The molecule has 0 radical (unpaired) electrons. The van der Waals surface area contributed by atoms with Gasteiger partial charge < -0.3 is 29.2 Å². The van der Waals surface area contributed by atoms with Crippen LogP contribution in [0.3, 0.4) is 0 Å². The lowest BCUT2D eigenvalue weighted by Crippen LogP contribution is -2.53. The number of anilines is 1. The summed E-state index contributed by atoms with van der Waals surface area (Å²) in [5.74, 6) is -0.0720. The Morgan fingerprint density at radius 3 is 2.04 bits per heavy atom. The van der Waals surface area contributed by atoms with Crippen molar-refractivity contribution in [3.63, 3.8) is 0 Å². The highest BCUT2D eigenvalue weighted by Crippen LogP contribution is 2.38. The Labute approximate surface area is 280 Å². The van der Waals surface area contributed by atoms with E-state index in [2.05, 4.69) is 5.32 Å². The van der Waals surface area contributed by atoms with Crippen LogP contribution in [0.25, 0.3) is 0 Å². The third-order valence-electron chi connectivity index (χ3n) is 7.03. The van der Waals surface area contributed by atoms with Crippen LogP contribution in [0.15, 0.2) is 59.5 Å². The first-order valence-corrected chi connectivity index (χ1v) is 16.5. The first-order chi connectivity index (χ1) is 21.8. The summed E-state index contributed by atoms with van der Waals surface area (Å²) in [6, 6.07) is 12.4. The van der Waals surface area contributed by atoms with Crippen LogP contribution in [-0.2, 0) is 26.2 Å². The molecule has 3 rings (SSSR count). The number of hydrogen-bond donors (Lipinski definition) is 1. The monoisotopic (exact) mass is 695 g/mol.